The Morgan fingerprint density at radius 2 is 1.66 bits per heavy atom. The van der Waals surface area contributed by atoms with Crippen molar-refractivity contribution in [3.63, 3.8) is 0 Å². The molecule has 0 fully saturated rings. The van der Waals surface area contributed by atoms with E-state index in [1.54, 1.807) is 24.4 Å². The van der Waals surface area contributed by atoms with Gasteiger partial charge in [-0.05, 0) is 29.8 Å². The Hall–Kier alpha value is -3.35. The number of anilines is 1. The third kappa shape index (κ3) is 3.94. The number of aromatic nitrogens is 3. The van der Waals surface area contributed by atoms with Gasteiger partial charge in [0.05, 0.1) is 17.1 Å². The van der Waals surface area contributed by atoms with Crippen LogP contribution in [0.1, 0.15) is 10.4 Å². The maximum atomic E-state index is 12.0. The molecule has 0 aliphatic carbocycles. The van der Waals surface area contributed by atoms with E-state index in [0.29, 0.717) is 21.8 Å². The second-order valence-electron chi connectivity index (χ2n) is 6.16. The Morgan fingerprint density at radius 1 is 0.966 bits per heavy atom. The molecule has 4 aromatic rings. The number of hydrogen-bond acceptors (Lipinski definition) is 4. The Kier molecular flexibility index (Phi) is 5.87. The van der Waals surface area contributed by atoms with E-state index < -0.39 is 5.91 Å². The molecule has 0 aliphatic rings. The van der Waals surface area contributed by atoms with Crippen LogP contribution in [-0.4, -0.2) is 20.9 Å². The molecule has 4 rings (SSSR count). The summed E-state index contributed by atoms with van der Waals surface area (Å²) in [7, 11) is 0. The number of primary amides is 1. The summed E-state index contributed by atoms with van der Waals surface area (Å²) in [6, 6.07) is 18.3. The minimum atomic E-state index is -0.505. The van der Waals surface area contributed by atoms with Crippen LogP contribution in [0.4, 0.5) is 5.95 Å². The van der Waals surface area contributed by atoms with Crippen molar-refractivity contribution in [1.82, 2.24) is 15.0 Å². The van der Waals surface area contributed by atoms with Gasteiger partial charge in [0.25, 0.3) is 0 Å². The van der Waals surface area contributed by atoms with E-state index in [-0.39, 0.29) is 18.4 Å². The normalized spacial score (nSPS) is 10.4. The van der Waals surface area contributed by atoms with Crippen LogP contribution < -0.4 is 11.5 Å². The zero-order valence-electron chi connectivity index (χ0n) is 15.1. The van der Waals surface area contributed by atoms with Crippen LogP contribution in [0.3, 0.4) is 0 Å². The molecule has 146 valence electrons. The molecule has 6 nitrogen and oxygen atoms in total. The molecule has 0 unspecified atom stereocenters. The summed E-state index contributed by atoms with van der Waals surface area (Å²) in [5, 5.41) is 0.580. The highest BCUT2D eigenvalue weighted by Crippen LogP contribution is 2.39. The van der Waals surface area contributed by atoms with Crippen molar-refractivity contribution >= 4 is 35.9 Å². The second kappa shape index (κ2) is 8.34. The molecule has 0 saturated carbocycles. The summed E-state index contributed by atoms with van der Waals surface area (Å²) >= 11 is 6.44. The fourth-order valence-corrected chi connectivity index (χ4v) is 3.37. The molecule has 0 radical (unpaired) electrons. The highest BCUT2D eigenvalue weighted by Gasteiger charge is 2.19. The molecule has 2 aromatic carbocycles. The number of amides is 1. The molecular formula is C21H17Cl2N5O. The molecule has 2 aromatic heterocycles. The lowest BCUT2D eigenvalue weighted by Gasteiger charge is -2.09. The van der Waals surface area contributed by atoms with Crippen molar-refractivity contribution in [2.75, 3.05) is 5.73 Å². The van der Waals surface area contributed by atoms with Gasteiger partial charge in [-0.1, -0.05) is 48.0 Å². The van der Waals surface area contributed by atoms with Crippen LogP contribution in [0, 0.1) is 0 Å². The van der Waals surface area contributed by atoms with E-state index in [4.69, 9.17) is 23.1 Å². The SMILES string of the molecule is Cl.NC(=O)c1ccccc1-c1cc(-c2ccnc(N)n2)[nH]c1-c1ccccc1Cl. The van der Waals surface area contributed by atoms with Gasteiger partial charge in [-0.15, -0.1) is 12.4 Å². The van der Waals surface area contributed by atoms with Crippen molar-refractivity contribution in [1.29, 1.82) is 0 Å². The van der Waals surface area contributed by atoms with E-state index >= 15 is 0 Å². The standard InChI is InChI=1S/C21H16ClN5O.ClH/c22-16-8-4-3-7-14(16)19-15(12-5-1-2-6-13(12)20(23)28)11-18(26-19)17-9-10-25-21(24)27-17;/h1-11,26H,(H2,23,28)(H2,24,25,27);1H. The fourth-order valence-electron chi connectivity index (χ4n) is 3.14. The number of rotatable bonds is 4. The van der Waals surface area contributed by atoms with Crippen LogP contribution in [0.2, 0.25) is 5.02 Å². The highest BCUT2D eigenvalue weighted by atomic mass is 35.5. The van der Waals surface area contributed by atoms with Gasteiger partial charge in [0.1, 0.15) is 0 Å². The maximum absolute atomic E-state index is 12.0. The zero-order valence-corrected chi connectivity index (χ0v) is 16.7. The van der Waals surface area contributed by atoms with Crippen LogP contribution >= 0.6 is 24.0 Å². The fraction of sp³-hybridized carbons (Fsp3) is 0. The lowest BCUT2D eigenvalue weighted by Crippen LogP contribution is -2.12. The summed E-state index contributed by atoms with van der Waals surface area (Å²) in [5.41, 5.74) is 16.1. The number of hydrogen-bond donors (Lipinski definition) is 3. The number of halogens is 2. The van der Waals surface area contributed by atoms with E-state index in [2.05, 4.69) is 15.0 Å². The second-order valence-corrected chi connectivity index (χ2v) is 6.57. The summed E-state index contributed by atoms with van der Waals surface area (Å²) in [6.45, 7) is 0. The number of nitrogens with two attached hydrogens (primary N) is 2. The molecule has 29 heavy (non-hydrogen) atoms. The highest BCUT2D eigenvalue weighted by molar-refractivity contribution is 6.33. The van der Waals surface area contributed by atoms with Crippen LogP contribution in [0.15, 0.2) is 66.9 Å². The first kappa shape index (κ1) is 20.4. The number of carbonyl (C=O) groups is 1. The predicted octanol–water partition coefficient (Wildman–Crippen LogP) is 4.56. The van der Waals surface area contributed by atoms with Crippen molar-refractivity contribution in [2.45, 2.75) is 0 Å². The van der Waals surface area contributed by atoms with Gasteiger partial charge in [0.2, 0.25) is 11.9 Å². The average Bonchev–Trinajstić information content (AvgIpc) is 3.13. The molecule has 0 atom stereocenters. The summed E-state index contributed by atoms with van der Waals surface area (Å²) in [4.78, 5) is 23.6. The van der Waals surface area contributed by atoms with Crippen molar-refractivity contribution in [3.05, 3.63) is 77.4 Å². The Balaban J connectivity index is 0.00000240. The quantitative estimate of drug-likeness (QED) is 0.444. The minimum absolute atomic E-state index is 0. The first-order chi connectivity index (χ1) is 13.5. The van der Waals surface area contributed by atoms with Crippen LogP contribution in [-0.2, 0) is 0 Å². The average molecular weight is 426 g/mol. The molecule has 5 N–H and O–H groups in total. The number of H-pyrrole nitrogens is 1. The zero-order chi connectivity index (χ0) is 19.7. The Labute approximate surface area is 178 Å². The number of nitrogen functional groups attached to an aromatic ring is 1. The van der Waals surface area contributed by atoms with Crippen LogP contribution in [0.25, 0.3) is 33.8 Å². The Bertz CT molecular complexity index is 1190. The maximum Gasteiger partial charge on any atom is 0.249 e. The van der Waals surface area contributed by atoms with Gasteiger partial charge in [-0.3, -0.25) is 4.79 Å². The van der Waals surface area contributed by atoms with E-state index in [1.165, 1.54) is 0 Å². The van der Waals surface area contributed by atoms with Crippen molar-refractivity contribution in [2.24, 2.45) is 5.73 Å². The molecule has 1 amide bonds. The molecule has 0 bridgehead atoms. The van der Waals surface area contributed by atoms with E-state index in [9.17, 15) is 4.79 Å². The molecule has 0 saturated heterocycles. The van der Waals surface area contributed by atoms with Crippen molar-refractivity contribution < 1.29 is 4.79 Å². The summed E-state index contributed by atoms with van der Waals surface area (Å²) in [6.07, 6.45) is 1.59. The number of benzene rings is 2. The summed E-state index contributed by atoms with van der Waals surface area (Å²) in [5.74, 6) is -0.333. The van der Waals surface area contributed by atoms with Gasteiger partial charge in [-0.2, -0.15) is 0 Å². The number of carbonyl (C=O) groups excluding carboxylic acids is 1. The lowest BCUT2D eigenvalue weighted by atomic mass is 9.96. The number of aromatic amines is 1. The minimum Gasteiger partial charge on any atom is -0.368 e. The largest absolute Gasteiger partial charge is 0.368 e. The van der Waals surface area contributed by atoms with Gasteiger partial charge < -0.3 is 16.5 Å². The van der Waals surface area contributed by atoms with Gasteiger partial charge in [0.15, 0.2) is 0 Å². The number of nitrogens with zero attached hydrogens (tertiary/aromatic N) is 2. The molecule has 8 heteroatoms. The number of nitrogens with one attached hydrogen (secondary N) is 1. The first-order valence-corrected chi connectivity index (χ1v) is 8.88. The summed E-state index contributed by atoms with van der Waals surface area (Å²) < 4.78 is 0. The van der Waals surface area contributed by atoms with Gasteiger partial charge in [-0.25, -0.2) is 9.97 Å². The first-order valence-electron chi connectivity index (χ1n) is 8.50. The smallest absolute Gasteiger partial charge is 0.249 e. The third-order valence-corrected chi connectivity index (χ3v) is 4.72. The van der Waals surface area contributed by atoms with Crippen LogP contribution in [0.5, 0.6) is 0 Å². The lowest BCUT2D eigenvalue weighted by molar-refractivity contribution is 0.100. The molecule has 2 heterocycles. The molecule has 0 spiro atoms. The topological polar surface area (TPSA) is 111 Å². The van der Waals surface area contributed by atoms with E-state index in [1.807, 2.05) is 42.5 Å². The van der Waals surface area contributed by atoms with E-state index in [0.717, 1.165) is 22.5 Å². The predicted molar refractivity (Wildman–Crippen MR) is 118 cm³/mol. The molecule has 0 aliphatic heterocycles. The third-order valence-electron chi connectivity index (χ3n) is 4.39. The van der Waals surface area contributed by atoms with Gasteiger partial charge >= 0.3 is 0 Å². The van der Waals surface area contributed by atoms with Crippen molar-refractivity contribution in [3.8, 4) is 33.8 Å². The Morgan fingerprint density at radius 3 is 2.34 bits per heavy atom. The van der Waals surface area contributed by atoms with Gasteiger partial charge in [0, 0.05) is 27.9 Å². The molecular weight excluding hydrogens is 409 g/mol. The monoisotopic (exact) mass is 425 g/mol.